The summed E-state index contributed by atoms with van der Waals surface area (Å²) in [6.45, 7) is 3.42. The van der Waals surface area contributed by atoms with Gasteiger partial charge in [-0.3, -0.25) is 24.1 Å². The molecule has 2 aromatic carbocycles. The lowest BCUT2D eigenvalue weighted by Gasteiger charge is -2.33. The third-order valence-corrected chi connectivity index (χ3v) is 4.85. The van der Waals surface area contributed by atoms with Gasteiger partial charge < -0.3 is 9.47 Å². The van der Waals surface area contributed by atoms with E-state index in [9.17, 15) is 19.2 Å². The van der Waals surface area contributed by atoms with Crippen LogP contribution >= 0.6 is 0 Å². The highest BCUT2D eigenvalue weighted by Crippen LogP contribution is 2.35. The highest BCUT2D eigenvalue weighted by molar-refractivity contribution is 6.10. The number of hydrogen-bond acceptors (Lipinski definition) is 6. The Labute approximate surface area is 174 Å². The van der Waals surface area contributed by atoms with E-state index < -0.39 is 12.0 Å². The number of benzene rings is 2. The molecule has 1 unspecified atom stereocenters. The lowest BCUT2D eigenvalue weighted by molar-refractivity contribution is -0.143. The molecule has 7 heteroatoms. The van der Waals surface area contributed by atoms with Crippen molar-refractivity contribution in [3.05, 3.63) is 59.7 Å². The Hall–Kier alpha value is -3.48. The summed E-state index contributed by atoms with van der Waals surface area (Å²) in [5.74, 6) is -0.854. The zero-order chi connectivity index (χ0) is 21.7. The Morgan fingerprint density at radius 3 is 2.50 bits per heavy atom. The number of amides is 1. The topological polar surface area (TPSA) is 90.0 Å². The maximum Gasteiger partial charge on any atom is 0.306 e. The maximum absolute atomic E-state index is 12.9. The molecule has 0 radical (unpaired) electrons. The van der Waals surface area contributed by atoms with Crippen LogP contribution in [0.2, 0.25) is 0 Å². The van der Waals surface area contributed by atoms with Gasteiger partial charge in [-0.15, -0.1) is 0 Å². The van der Waals surface area contributed by atoms with E-state index in [2.05, 4.69) is 0 Å². The molecular formula is C23H23NO6. The zero-order valence-corrected chi connectivity index (χ0v) is 16.9. The Kier molecular flexibility index (Phi) is 6.61. The van der Waals surface area contributed by atoms with Gasteiger partial charge in [0.15, 0.2) is 18.2 Å². The van der Waals surface area contributed by atoms with E-state index in [0.717, 1.165) is 0 Å². The Balaban J connectivity index is 1.85. The van der Waals surface area contributed by atoms with Gasteiger partial charge in [-0.2, -0.15) is 0 Å². The van der Waals surface area contributed by atoms with Crippen molar-refractivity contribution in [2.24, 2.45) is 0 Å². The lowest BCUT2D eigenvalue weighted by atomic mass is 10.0. The number of ether oxygens (including phenoxy) is 2. The molecule has 1 amide bonds. The second kappa shape index (κ2) is 9.35. The van der Waals surface area contributed by atoms with Gasteiger partial charge in [-0.1, -0.05) is 30.3 Å². The molecule has 1 atom stereocenters. The first-order valence-corrected chi connectivity index (χ1v) is 9.79. The predicted molar refractivity (Wildman–Crippen MR) is 110 cm³/mol. The third kappa shape index (κ3) is 4.56. The van der Waals surface area contributed by atoms with Crippen molar-refractivity contribution in [1.29, 1.82) is 0 Å². The molecule has 156 valence electrons. The second-order valence-corrected chi connectivity index (χ2v) is 6.87. The summed E-state index contributed by atoms with van der Waals surface area (Å²) >= 11 is 0. The standard InChI is InChI=1S/C23H23NO6/c1-3-29-22(27)12-10-19(25)17-9-11-20-18(13-17)24(21(26)14-30-20)15(2)23(28)16-7-5-4-6-8-16/h4-9,11,13,15H,3,10,12,14H2,1-2H3. The molecule has 1 aliphatic rings. The molecule has 30 heavy (non-hydrogen) atoms. The van der Waals surface area contributed by atoms with Crippen LogP contribution in [0, 0.1) is 0 Å². The highest BCUT2D eigenvalue weighted by atomic mass is 16.5. The van der Waals surface area contributed by atoms with E-state index in [1.807, 2.05) is 6.07 Å². The zero-order valence-electron chi connectivity index (χ0n) is 16.9. The molecule has 0 aliphatic carbocycles. The molecule has 0 spiro atoms. The molecule has 0 saturated carbocycles. The smallest absolute Gasteiger partial charge is 0.306 e. The predicted octanol–water partition coefficient (Wildman–Crippen LogP) is 3.21. The van der Waals surface area contributed by atoms with Crippen LogP contribution < -0.4 is 9.64 Å². The van der Waals surface area contributed by atoms with Gasteiger partial charge in [0, 0.05) is 17.5 Å². The number of nitrogens with zero attached hydrogens (tertiary/aromatic N) is 1. The van der Waals surface area contributed by atoms with E-state index in [1.165, 1.54) is 11.0 Å². The number of carbonyl (C=O) groups excluding carboxylic acids is 4. The van der Waals surface area contributed by atoms with Crippen molar-refractivity contribution in [3.8, 4) is 5.75 Å². The number of anilines is 1. The summed E-state index contributed by atoms with van der Waals surface area (Å²) in [5, 5.41) is 0. The average Bonchev–Trinajstić information content (AvgIpc) is 2.76. The Bertz CT molecular complexity index is 969. The van der Waals surface area contributed by atoms with Crippen LogP contribution in [0.3, 0.4) is 0 Å². The van der Waals surface area contributed by atoms with Crippen LogP contribution in [-0.4, -0.2) is 42.7 Å². The van der Waals surface area contributed by atoms with Crippen LogP contribution in [0.4, 0.5) is 5.69 Å². The molecule has 7 nitrogen and oxygen atoms in total. The molecule has 0 fully saturated rings. The van der Waals surface area contributed by atoms with E-state index in [4.69, 9.17) is 9.47 Å². The van der Waals surface area contributed by atoms with Gasteiger partial charge in [0.25, 0.3) is 5.91 Å². The molecule has 1 heterocycles. The first-order chi connectivity index (χ1) is 14.4. The minimum atomic E-state index is -0.771. The third-order valence-electron chi connectivity index (χ3n) is 4.85. The number of rotatable bonds is 8. The van der Waals surface area contributed by atoms with E-state index in [-0.39, 0.29) is 43.5 Å². The number of ketones is 2. The summed E-state index contributed by atoms with van der Waals surface area (Å²) in [6, 6.07) is 12.7. The molecule has 1 aliphatic heterocycles. The molecule has 0 saturated heterocycles. The van der Waals surface area contributed by atoms with Gasteiger partial charge in [0.05, 0.1) is 24.8 Å². The number of Topliss-reactive ketones (excluding diaryl/α,β-unsaturated/α-hetero) is 2. The first-order valence-electron chi connectivity index (χ1n) is 9.79. The van der Waals surface area contributed by atoms with Crippen molar-refractivity contribution in [2.45, 2.75) is 32.7 Å². The van der Waals surface area contributed by atoms with Crippen molar-refractivity contribution in [3.63, 3.8) is 0 Å². The van der Waals surface area contributed by atoms with Crippen LogP contribution in [-0.2, 0) is 14.3 Å². The van der Waals surface area contributed by atoms with Gasteiger partial charge in [-0.25, -0.2) is 0 Å². The molecule has 0 aromatic heterocycles. The van der Waals surface area contributed by atoms with E-state index in [0.29, 0.717) is 22.6 Å². The van der Waals surface area contributed by atoms with E-state index in [1.54, 1.807) is 50.2 Å². The average molecular weight is 409 g/mol. The Morgan fingerprint density at radius 2 is 1.80 bits per heavy atom. The number of fused-ring (bicyclic) bond motifs is 1. The van der Waals surface area contributed by atoms with Crippen molar-refractivity contribution in [2.75, 3.05) is 18.1 Å². The normalized spacial score (nSPS) is 13.8. The van der Waals surface area contributed by atoms with Gasteiger partial charge in [0.2, 0.25) is 0 Å². The quantitative estimate of drug-likeness (QED) is 0.491. The van der Waals surface area contributed by atoms with Crippen molar-refractivity contribution < 1.29 is 28.7 Å². The van der Waals surface area contributed by atoms with Gasteiger partial charge in [-0.05, 0) is 32.0 Å². The fraction of sp³-hybridized carbons (Fsp3) is 0.304. The maximum atomic E-state index is 12.9. The minimum absolute atomic E-state index is 0.00900. The highest BCUT2D eigenvalue weighted by Gasteiger charge is 2.34. The van der Waals surface area contributed by atoms with Crippen molar-refractivity contribution >= 4 is 29.1 Å². The fourth-order valence-corrected chi connectivity index (χ4v) is 3.32. The van der Waals surface area contributed by atoms with Crippen LogP contribution in [0.5, 0.6) is 5.75 Å². The van der Waals surface area contributed by atoms with Gasteiger partial charge >= 0.3 is 5.97 Å². The van der Waals surface area contributed by atoms with Crippen LogP contribution in [0.1, 0.15) is 47.4 Å². The largest absolute Gasteiger partial charge is 0.482 e. The summed E-state index contributed by atoms with van der Waals surface area (Å²) in [6.07, 6.45) is -0.0310. The summed E-state index contributed by atoms with van der Waals surface area (Å²) in [4.78, 5) is 50.9. The fourth-order valence-electron chi connectivity index (χ4n) is 3.32. The summed E-state index contributed by atoms with van der Waals surface area (Å²) in [7, 11) is 0. The molecule has 0 bridgehead atoms. The monoisotopic (exact) mass is 409 g/mol. The molecule has 0 N–H and O–H groups in total. The Morgan fingerprint density at radius 1 is 1.07 bits per heavy atom. The molecule has 2 aromatic rings. The number of hydrogen-bond donors (Lipinski definition) is 0. The second-order valence-electron chi connectivity index (χ2n) is 6.87. The van der Waals surface area contributed by atoms with Crippen LogP contribution in [0.15, 0.2) is 48.5 Å². The SMILES string of the molecule is CCOC(=O)CCC(=O)c1ccc2c(c1)N(C(C)C(=O)c1ccccc1)C(=O)CO2. The summed E-state index contributed by atoms with van der Waals surface area (Å²) in [5.41, 5.74) is 1.19. The number of esters is 1. The number of carbonyl (C=O) groups is 4. The molecular weight excluding hydrogens is 386 g/mol. The van der Waals surface area contributed by atoms with E-state index >= 15 is 0 Å². The molecule has 3 rings (SSSR count). The van der Waals surface area contributed by atoms with Gasteiger partial charge in [0.1, 0.15) is 5.75 Å². The first kappa shape index (κ1) is 21.2. The van der Waals surface area contributed by atoms with Crippen molar-refractivity contribution in [1.82, 2.24) is 0 Å². The minimum Gasteiger partial charge on any atom is -0.482 e. The lowest BCUT2D eigenvalue weighted by Crippen LogP contribution is -2.48. The van der Waals surface area contributed by atoms with Crippen LogP contribution in [0.25, 0.3) is 0 Å². The summed E-state index contributed by atoms with van der Waals surface area (Å²) < 4.78 is 10.3.